The van der Waals surface area contributed by atoms with Crippen molar-refractivity contribution in [2.75, 3.05) is 0 Å². The van der Waals surface area contributed by atoms with Gasteiger partial charge in [0.15, 0.2) is 5.16 Å². The van der Waals surface area contributed by atoms with Crippen molar-refractivity contribution in [2.45, 2.75) is 44.6 Å². The Balaban J connectivity index is 1.55. The fraction of sp³-hybridized carbons (Fsp3) is 0.276. The molecule has 7 heteroatoms. The molecule has 0 bridgehead atoms. The van der Waals surface area contributed by atoms with Crippen LogP contribution in [-0.4, -0.2) is 19.1 Å². The number of oxazole rings is 1. The lowest BCUT2D eigenvalue weighted by atomic mass is 10.1. The molecule has 0 unspecified atom stereocenters. The second-order valence-corrected chi connectivity index (χ2v) is 10.4. The van der Waals surface area contributed by atoms with Gasteiger partial charge in [0.1, 0.15) is 16.8 Å². The average molecular weight is 499 g/mol. The van der Waals surface area contributed by atoms with E-state index in [0.717, 1.165) is 40.1 Å². The van der Waals surface area contributed by atoms with E-state index >= 15 is 0 Å². The standard InChI is InChI=1S/C29H30N4O2S/c1-19(2)15-16-33-28(34)26-25(23(17-32(26)4)21-11-7-5-8-12-21)31-29(33)36-18-24-20(3)35-27(30-24)22-13-9-6-10-14-22/h5-14,17,19H,15-16,18H2,1-4H3. The van der Waals surface area contributed by atoms with Crippen molar-refractivity contribution in [3.63, 3.8) is 0 Å². The van der Waals surface area contributed by atoms with Crippen molar-refractivity contribution in [1.29, 1.82) is 0 Å². The van der Waals surface area contributed by atoms with Gasteiger partial charge in [0.25, 0.3) is 5.56 Å². The molecule has 0 radical (unpaired) electrons. The minimum Gasteiger partial charge on any atom is -0.441 e. The van der Waals surface area contributed by atoms with Crippen LogP contribution < -0.4 is 5.56 Å². The summed E-state index contributed by atoms with van der Waals surface area (Å²) in [6.45, 7) is 6.90. The molecule has 3 heterocycles. The van der Waals surface area contributed by atoms with Gasteiger partial charge < -0.3 is 8.98 Å². The van der Waals surface area contributed by atoms with Crippen LogP contribution in [0.15, 0.2) is 81.2 Å². The third-order valence-electron chi connectivity index (χ3n) is 6.31. The SMILES string of the molecule is Cc1oc(-c2ccccc2)nc1CSc1nc2c(-c3ccccc3)cn(C)c2c(=O)n1CCC(C)C. The second kappa shape index (κ2) is 10.2. The van der Waals surface area contributed by atoms with E-state index in [-0.39, 0.29) is 5.56 Å². The highest BCUT2D eigenvalue weighted by atomic mass is 32.2. The molecule has 0 spiro atoms. The van der Waals surface area contributed by atoms with Crippen LogP contribution in [0.4, 0.5) is 0 Å². The number of rotatable bonds is 8. The van der Waals surface area contributed by atoms with Gasteiger partial charge in [-0.1, -0.05) is 74.1 Å². The van der Waals surface area contributed by atoms with Crippen LogP contribution in [0.2, 0.25) is 0 Å². The summed E-state index contributed by atoms with van der Waals surface area (Å²) in [5.74, 6) is 2.43. The van der Waals surface area contributed by atoms with Crippen molar-refractivity contribution in [1.82, 2.24) is 19.1 Å². The van der Waals surface area contributed by atoms with Crippen molar-refractivity contribution >= 4 is 22.8 Å². The highest BCUT2D eigenvalue weighted by molar-refractivity contribution is 7.98. The Kier molecular flexibility index (Phi) is 6.83. The highest BCUT2D eigenvalue weighted by Gasteiger charge is 2.20. The molecule has 0 amide bonds. The smallest absolute Gasteiger partial charge is 0.278 e. The van der Waals surface area contributed by atoms with E-state index in [4.69, 9.17) is 14.4 Å². The molecule has 36 heavy (non-hydrogen) atoms. The minimum atomic E-state index is -0.00493. The van der Waals surface area contributed by atoms with Gasteiger partial charge in [0.05, 0.1) is 5.69 Å². The van der Waals surface area contributed by atoms with Crippen LogP contribution >= 0.6 is 11.8 Å². The van der Waals surface area contributed by atoms with Crippen LogP contribution in [0.3, 0.4) is 0 Å². The van der Waals surface area contributed by atoms with E-state index in [0.29, 0.717) is 34.8 Å². The van der Waals surface area contributed by atoms with E-state index in [2.05, 4.69) is 26.0 Å². The molecule has 0 saturated heterocycles. The third-order valence-corrected chi connectivity index (χ3v) is 7.29. The van der Waals surface area contributed by atoms with Gasteiger partial charge in [-0.25, -0.2) is 9.97 Å². The molecule has 184 valence electrons. The number of benzene rings is 2. The van der Waals surface area contributed by atoms with Gasteiger partial charge in [-0.05, 0) is 37.0 Å². The summed E-state index contributed by atoms with van der Waals surface area (Å²) in [5, 5.41) is 0.709. The first kappa shape index (κ1) is 24.1. The van der Waals surface area contributed by atoms with Gasteiger partial charge in [-0.3, -0.25) is 9.36 Å². The minimum absolute atomic E-state index is 0.00493. The molecule has 0 aliphatic carbocycles. The largest absolute Gasteiger partial charge is 0.441 e. The maximum atomic E-state index is 13.7. The van der Waals surface area contributed by atoms with Crippen molar-refractivity contribution < 1.29 is 4.42 Å². The molecule has 0 saturated carbocycles. The van der Waals surface area contributed by atoms with E-state index in [9.17, 15) is 4.79 Å². The second-order valence-electron chi connectivity index (χ2n) is 9.43. The van der Waals surface area contributed by atoms with Crippen molar-refractivity contribution in [3.05, 3.63) is 88.7 Å². The van der Waals surface area contributed by atoms with Crippen LogP contribution in [0.25, 0.3) is 33.6 Å². The first-order chi connectivity index (χ1) is 17.4. The van der Waals surface area contributed by atoms with E-state index in [1.807, 2.05) is 77.8 Å². The zero-order chi connectivity index (χ0) is 25.2. The Bertz CT molecular complexity index is 1550. The molecular formula is C29H30N4O2S. The number of nitrogens with zero attached hydrogens (tertiary/aromatic N) is 4. The summed E-state index contributed by atoms with van der Waals surface area (Å²) >= 11 is 1.54. The molecule has 0 aliphatic heterocycles. The van der Waals surface area contributed by atoms with Gasteiger partial charge in [-0.15, -0.1) is 0 Å². The van der Waals surface area contributed by atoms with Crippen LogP contribution in [0.5, 0.6) is 0 Å². The molecule has 3 aromatic heterocycles. The molecule has 5 aromatic rings. The van der Waals surface area contributed by atoms with Gasteiger partial charge >= 0.3 is 0 Å². The number of fused-ring (bicyclic) bond motifs is 1. The number of aromatic nitrogens is 4. The predicted octanol–water partition coefficient (Wildman–Crippen LogP) is 6.70. The van der Waals surface area contributed by atoms with Crippen LogP contribution in [0.1, 0.15) is 31.7 Å². The summed E-state index contributed by atoms with van der Waals surface area (Å²) in [6.07, 6.45) is 2.90. The number of aryl methyl sites for hydroxylation is 2. The zero-order valence-electron chi connectivity index (χ0n) is 21.1. The molecule has 0 N–H and O–H groups in total. The quantitative estimate of drug-likeness (QED) is 0.176. The Morgan fingerprint density at radius 1 is 0.972 bits per heavy atom. The lowest BCUT2D eigenvalue weighted by Crippen LogP contribution is -2.25. The van der Waals surface area contributed by atoms with Gasteiger partial charge in [0.2, 0.25) is 5.89 Å². The van der Waals surface area contributed by atoms with Gasteiger partial charge in [-0.2, -0.15) is 0 Å². The highest BCUT2D eigenvalue weighted by Crippen LogP contribution is 2.31. The maximum Gasteiger partial charge on any atom is 0.278 e. The lowest BCUT2D eigenvalue weighted by molar-refractivity contribution is 0.480. The van der Waals surface area contributed by atoms with Crippen molar-refractivity contribution in [3.8, 4) is 22.6 Å². The van der Waals surface area contributed by atoms with Crippen LogP contribution in [-0.2, 0) is 19.3 Å². The van der Waals surface area contributed by atoms with Gasteiger partial charge in [0, 0.05) is 36.7 Å². The Morgan fingerprint density at radius 3 is 2.31 bits per heavy atom. The summed E-state index contributed by atoms with van der Waals surface area (Å²) in [6, 6.07) is 20.0. The summed E-state index contributed by atoms with van der Waals surface area (Å²) in [5.41, 5.74) is 5.18. The van der Waals surface area contributed by atoms with Crippen LogP contribution in [0, 0.1) is 12.8 Å². The topological polar surface area (TPSA) is 65.8 Å². The average Bonchev–Trinajstić information content (AvgIpc) is 3.42. The van der Waals surface area contributed by atoms with E-state index in [1.165, 1.54) is 11.8 Å². The normalized spacial score (nSPS) is 11.6. The molecule has 0 atom stereocenters. The molecule has 5 rings (SSSR count). The summed E-state index contributed by atoms with van der Waals surface area (Å²) in [7, 11) is 1.92. The molecule has 6 nitrogen and oxygen atoms in total. The maximum absolute atomic E-state index is 13.7. The fourth-order valence-corrected chi connectivity index (χ4v) is 5.29. The Morgan fingerprint density at radius 2 is 1.64 bits per heavy atom. The monoisotopic (exact) mass is 498 g/mol. The first-order valence-electron chi connectivity index (χ1n) is 12.2. The number of hydrogen-bond acceptors (Lipinski definition) is 5. The van der Waals surface area contributed by atoms with Crippen molar-refractivity contribution in [2.24, 2.45) is 13.0 Å². The predicted molar refractivity (Wildman–Crippen MR) is 146 cm³/mol. The molecular weight excluding hydrogens is 468 g/mol. The number of thioether (sulfide) groups is 1. The van der Waals surface area contributed by atoms with E-state index in [1.54, 1.807) is 0 Å². The Labute approximate surface area is 215 Å². The molecule has 0 aliphatic rings. The summed E-state index contributed by atoms with van der Waals surface area (Å²) < 4.78 is 9.69. The first-order valence-corrected chi connectivity index (χ1v) is 13.2. The zero-order valence-corrected chi connectivity index (χ0v) is 21.9. The fourth-order valence-electron chi connectivity index (χ4n) is 4.27. The van der Waals surface area contributed by atoms with E-state index < -0.39 is 0 Å². The molecule has 0 fully saturated rings. The summed E-state index contributed by atoms with van der Waals surface area (Å²) in [4.78, 5) is 23.6. The molecule has 2 aromatic carbocycles. The Hall–Kier alpha value is -3.58. The third kappa shape index (κ3) is 4.75. The number of hydrogen-bond donors (Lipinski definition) is 0. The lowest BCUT2D eigenvalue weighted by Gasteiger charge is -2.14.